The molecule has 0 bridgehead atoms. The normalized spacial score (nSPS) is 13.0. The summed E-state index contributed by atoms with van der Waals surface area (Å²) in [4.78, 5) is 9.93. The molecule has 9 aromatic rings. The zero-order chi connectivity index (χ0) is 34.8. The largest absolute Gasteiger partial charge is 0.309 e. The third-order valence-electron chi connectivity index (χ3n) is 10.8. The molecule has 0 unspecified atom stereocenters. The Labute approximate surface area is 303 Å². The highest BCUT2D eigenvalue weighted by molar-refractivity contribution is 6.15. The van der Waals surface area contributed by atoms with E-state index in [0.29, 0.717) is 5.82 Å². The van der Waals surface area contributed by atoms with Gasteiger partial charge in [0.15, 0.2) is 5.82 Å². The number of para-hydroxylation sites is 1. The Bertz CT molecular complexity index is 2800. The summed E-state index contributed by atoms with van der Waals surface area (Å²) < 4.78 is 2.41. The average Bonchev–Trinajstić information content (AvgIpc) is 3.66. The highest BCUT2D eigenvalue weighted by atomic mass is 15.0. The molecule has 1 aliphatic carbocycles. The lowest BCUT2D eigenvalue weighted by Gasteiger charge is -2.23. The summed E-state index contributed by atoms with van der Waals surface area (Å²) in [6.45, 7) is 4.77. The van der Waals surface area contributed by atoms with Crippen molar-refractivity contribution < 1.29 is 0 Å². The quantitative estimate of drug-likeness (QED) is 0.183. The minimum absolute atomic E-state index is 0.199. The molecule has 52 heavy (non-hydrogen) atoms. The fraction of sp³-hybridized carbons (Fsp3) is 0.0612. The first-order valence-electron chi connectivity index (χ1n) is 17.9. The molecule has 0 amide bonds. The summed E-state index contributed by atoms with van der Waals surface area (Å²) in [5, 5.41) is 2.54. The summed E-state index contributed by atoms with van der Waals surface area (Å²) in [5.41, 5.74) is 16.5. The standard InChI is InChI=1S/C49H35N3/c1-49(2)42-30-35(33-15-8-4-9-16-33)21-23-39(42)40-25-26-44-46(47(40)49)41-24-22-37(31-45(41)52(44)38-19-10-5-11-20-38)48-50-28-27-43(51-48)36-18-12-17-34(29-36)32-13-6-3-7-14-32/h3-31H,1-2H3. The molecule has 2 aromatic heterocycles. The first-order valence-corrected chi connectivity index (χ1v) is 17.9. The SMILES string of the molecule is CC1(C)c2cc(-c3ccccc3)ccc2-c2ccc3c(c21)c1ccc(-c2nccc(-c4cccc(-c5ccccc5)c4)n2)cc1n3-c1ccccc1. The molecule has 246 valence electrons. The minimum atomic E-state index is -0.199. The second kappa shape index (κ2) is 11.8. The van der Waals surface area contributed by atoms with Crippen LogP contribution in [-0.2, 0) is 5.41 Å². The van der Waals surface area contributed by atoms with Gasteiger partial charge < -0.3 is 4.57 Å². The van der Waals surface area contributed by atoms with Crippen molar-refractivity contribution in [2.24, 2.45) is 0 Å². The van der Waals surface area contributed by atoms with E-state index in [9.17, 15) is 0 Å². The smallest absolute Gasteiger partial charge is 0.159 e. The van der Waals surface area contributed by atoms with Crippen molar-refractivity contribution in [2.75, 3.05) is 0 Å². The average molecular weight is 666 g/mol. The van der Waals surface area contributed by atoms with E-state index >= 15 is 0 Å². The lowest BCUT2D eigenvalue weighted by molar-refractivity contribution is 0.667. The van der Waals surface area contributed by atoms with Crippen LogP contribution in [-0.4, -0.2) is 14.5 Å². The summed E-state index contributed by atoms with van der Waals surface area (Å²) >= 11 is 0. The molecule has 0 fully saturated rings. The molecule has 7 aromatic carbocycles. The third kappa shape index (κ3) is 4.74. The number of fused-ring (bicyclic) bond motifs is 7. The zero-order valence-electron chi connectivity index (χ0n) is 29.1. The van der Waals surface area contributed by atoms with Gasteiger partial charge in [-0.2, -0.15) is 0 Å². The molecule has 0 radical (unpaired) electrons. The lowest BCUT2D eigenvalue weighted by atomic mass is 9.79. The predicted octanol–water partition coefficient (Wildman–Crippen LogP) is 12.5. The lowest BCUT2D eigenvalue weighted by Crippen LogP contribution is -2.15. The van der Waals surface area contributed by atoms with Crippen LogP contribution in [0.3, 0.4) is 0 Å². The van der Waals surface area contributed by atoms with Gasteiger partial charge >= 0.3 is 0 Å². The predicted molar refractivity (Wildman–Crippen MR) is 216 cm³/mol. The van der Waals surface area contributed by atoms with Gasteiger partial charge in [0.1, 0.15) is 0 Å². The molecular weight excluding hydrogens is 631 g/mol. The first-order chi connectivity index (χ1) is 25.5. The number of hydrogen-bond donors (Lipinski definition) is 0. The molecule has 3 heteroatoms. The van der Waals surface area contributed by atoms with Gasteiger partial charge in [0.05, 0.1) is 16.7 Å². The Morgan fingerprint density at radius 2 is 1.12 bits per heavy atom. The van der Waals surface area contributed by atoms with Gasteiger partial charge in [0.25, 0.3) is 0 Å². The van der Waals surface area contributed by atoms with Crippen molar-refractivity contribution in [2.45, 2.75) is 19.3 Å². The Morgan fingerprint density at radius 3 is 1.87 bits per heavy atom. The molecule has 0 saturated carbocycles. The maximum Gasteiger partial charge on any atom is 0.159 e. The van der Waals surface area contributed by atoms with E-state index < -0.39 is 0 Å². The highest BCUT2D eigenvalue weighted by Crippen LogP contribution is 2.54. The van der Waals surface area contributed by atoms with Crippen LogP contribution in [0.1, 0.15) is 25.0 Å². The van der Waals surface area contributed by atoms with Crippen LogP contribution >= 0.6 is 0 Å². The number of benzene rings is 7. The van der Waals surface area contributed by atoms with E-state index in [1.54, 1.807) is 0 Å². The van der Waals surface area contributed by atoms with E-state index in [-0.39, 0.29) is 5.41 Å². The van der Waals surface area contributed by atoms with Crippen LogP contribution in [0, 0.1) is 0 Å². The van der Waals surface area contributed by atoms with Crippen LogP contribution in [0.2, 0.25) is 0 Å². The number of rotatable bonds is 5. The molecule has 10 rings (SSSR count). The molecular formula is C49H35N3. The topological polar surface area (TPSA) is 30.7 Å². The van der Waals surface area contributed by atoms with Crippen molar-refractivity contribution in [3.8, 4) is 61.7 Å². The van der Waals surface area contributed by atoms with Crippen molar-refractivity contribution in [1.29, 1.82) is 0 Å². The van der Waals surface area contributed by atoms with Crippen LogP contribution in [0.4, 0.5) is 0 Å². The maximum atomic E-state index is 5.13. The summed E-state index contributed by atoms with van der Waals surface area (Å²) in [6, 6.07) is 60.9. The monoisotopic (exact) mass is 665 g/mol. The maximum absolute atomic E-state index is 5.13. The Morgan fingerprint density at radius 1 is 0.481 bits per heavy atom. The van der Waals surface area contributed by atoms with Gasteiger partial charge in [-0.1, -0.05) is 141 Å². The van der Waals surface area contributed by atoms with E-state index in [4.69, 9.17) is 9.97 Å². The van der Waals surface area contributed by atoms with Gasteiger partial charge in [-0.05, 0) is 87.0 Å². The Balaban J connectivity index is 1.15. The summed E-state index contributed by atoms with van der Waals surface area (Å²) in [5.74, 6) is 0.709. The Kier molecular flexibility index (Phi) is 6.84. The molecule has 1 aliphatic rings. The third-order valence-corrected chi connectivity index (χ3v) is 10.8. The summed E-state index contributed by atoms with van der Waals surface area (Å²) in [7, 11) is 0. The van der Waals surface area contributed by atoms with Crippen molar-refractivity contribution in [3.05, 3.63) is 187 Å². The van der Waals surface area contributed by atoms with Gasteiger partial charge in [-0.15, -0.1) is 0 Å². The molecule has 0 saturated heterocycles. The van der Waals surface area contributed by atoms with Crippen LogP contribution in [0.15, 0.2) is 176 Å². The second-order valence-electron chi connectivity index (χ2n) is 14.2. The fourth-order valence-electron chi connectivity index (χ4n) is 8.36. The Hall–Kier alpha value is -6.58. The van der Waals surface area contributed by atoms with E-state index in [1.807, 2.05) is 18.3 Å². The van der Waals surface area contributed by atoms with E-state index in [2.05, 4.69) is 176 Å². The number of nitrogens with zero attached hydrogens (tertiary/aromatic N) is 3. The van der Waals surface area contributed by atoms with Crippen molar-refractivity contribution in [1.82, 2.24) is 14.5 Å². The number of hydrogen-bond acceptors (Lipinski definition) is 2. The zero-order valence-corrected chi connectivity index (χ0v) is 29.1. The molecule has 0 N–H and O–H groups in total. The highest BCUT2D eigenvalue weighted by Gasteiger charge is 2.38. The fourth-order valence-corrected chi connectivity index (χ4v) is 8.36. The van der Waals surface area contributed by atoms with Gasteiger partial charge in [-0.25, -0.2) is 9.97 Å². The second-order valence-corrected chi connectivity index (χ2v) is 14.2. The van der Waals surface area contributed by atoms with Gasteiger partial charge in [0, 0.05) is 39.2 Å². The van der Waals surface area contributed by atoms with Crippen LogP contribution in [0.25, 0.3) is 83.5 Å². The first kappa shape index (κ1) is 30.3. The summed E-state index contributed by atoms with van der Waals surface area (Å²) in [6.07, 6.45) is 1.88. The van der Waals surface area contributed by atoms with Gasteiger partial charge in [-0.3, -0.25) is 0 Å². The van der Waals surface area contributed by atoms with E-state index in [0.717, 1.165) is 28.0 Å². The van der Waals surface area contributed by atoms with Crippen molar-refractivity contribution in [3.63, 3.8) is 0 Å². The van der Waals surface area contributed by atoms with Crippen LogP contribution < -0.4 is 0 Å². The molecule has 2 heterocycles. The molecule has 0 aliphatic heterocycles. The van der Waals surface area contributed by atoms with E-state index in [1.165, 1.54) is 60.8 Å². The van der Waals surface area contributed by atoms with Crippen LogP contribution in [0.5, 0.6) is 0 Å². The molecule has 3 nitrogen and oxygen atoms in total. The van der Waals surface area contributed by atoms with Gasteiger partial charge in [0.2, 0.25) is 0 Å². The van der Waals surface area contributed by atoms with Crippen molar-refractivity contribution >= 4 is 21.8 Å². The molecule has 0 spiro atoms. The molecule has 0 atom stereocenters. The number of aromatic nitrogens is 3. The minimum Gasteiger partial charge on any atom is -0.309 e.